The number of carbonyl (C=O) groups is 2. The highest BCUT2D eigenvalue weighted by atomic mass is 35.5. The molecule has 4 fully saturated rings. The molecule has 2 N–H and O–H groups in total. The number of aryl methyl sites for hydroxylation is 1. The minimum Gasteiger partial charge on any atom is -0.495 e. The fraction of sp³-hybridized carbons (Fsp3) is 0.636. The van der Waals surface area contributed by atoms with E-state index in [-0.39, 0.29) is 23.7 Å². The van der Waals surface area contributed by atoms with Crippen LogP contribution < -0.4 is 15.4 Å². The van der Waals surface area contributed by atoms with Gasteiger partial charge in [0.25, 0.3) is 0 Å². The first kappa shape index (κ1) is 19.6. The zero-order chi connectivity index (χ0) is 19.9. The maximum atomic E-state index is 12.9. The lowest BCUT2D eigenvalue weighted by Crippen LogP contribution is -2.53. The van der Waals surface area contributed by atoms with E-state index in [1.807, 2.05) is 6.92 Å². The van der Waals surface area contributed by atoms with E-state index in [9.17, 15) is 9.59 Å². The summed E-state index contributed by atoms with van der Waals surface area (Å²) in [5.41, 5.74) is 1.30. The third-order valence-corrected chi connectivity index (χ3v) is 7.32. The van der Waals surface area contributed by atoms with Crippen LogP contribution in [0.1, 0.15) is 50.5 Å². The average molecular weight is 405 g/mol. The van der Waals surface area contributed by atoms with Gasteiger partial charge in [-0.3, -0.25) is 9.59 Å². The van der Waals surface area contributed by atoms with E-state index >= 15 is 0 Å². The van der Waals surface area contributed by atoms with Gasteiger partial charge in [-0.2, -0.15) is 0 Å². The number of anilines is 1. The van der Waals surface area contributed by atoms with Gasteiger partial charge >= 0.3 is 0 Å². The molecule has 0 atom stereocenters. The number of ether oxygens (including phenoxy) is 1. The zero-order valence-corrected chi connectivity index (χ0v) is 17.4. The molecule has 0 aromatic heterocycles. The molecule has 0 unspecified atom stereocenters. The summed E-state index contributed by atoms with van der Waals surface area (Å²) >= 11 is 6.11. The van der Waals surface area contributed by atoms with Crippen molar-refractivity contribution >= 4 is 29.1 Å². The smallest absolute Gasteiger partial charge is 0.226 e. The number of nitrogens with one attached hydrogen (secondary N) is 2. The molecule has 5 nitrogen and oxygen atoms in total. The Labute approximate surface area is 171 Å². The fourth-order valence-electron chi connectivity index (χ4n) is 6.01. The molecule has 6 heteroatoms. The molecule has 152 valence electrons. The van der Waals surface area contributed by atoms with Gasteiger partial charge in [0.15, 0.2) is 0 Å². The molecule has 4 bridgehead atoms. The predicted molar refractivity (Wildman–Crippen MR) is 110 cm³/mol. The Morgan fingerprint density at radius 3 is 2.32 bits per heavy atom. The molecule has 4 saturated carbocycles. The number of halogens is 1. The Morgan fingerprint density at radius 1 is 1.14 bits per heavy atom. The van der Waals surface area contributed by atoms with Gasteiger partial charge in [0.2, 0.25) is 11.8 Å². The molecule has 1 aromatic carbocycles. The molecule has 0 aliphatic heterocycles. The summed E-state index contributed by atoms with van der Waals surface area (Å²) in [6, 6.07) is 3.49. The van der Waals surface area contributed by atoms with Crippen LogP contribution in [0.2, 0.25) is 5.02 Å². The summed E-state index contributed by atoms with van der Waals surface area (Å²) in [6.45, 7) is 2.24. The van der Waals surface area contributed by atoms with Crippen molar-refractivity contribution in [1.82, 2.24) is 5.32 Å². The third kappa shape index (κ3) is 3.73. The molecular weight excluding hydrogens is 376 g/mol. The first-order valence-electron chi connectivity index (χ1n) is 10.3. The molecule has 0 saturated heterocycles. The predicted octanol–water partition coefficient (Wildman–Crippen LogP) is 4.32. The van der Waals surface area contributed by atoms with Crippen molar-refractivity contribution in [2.45, 2.75) is 51.9 Å². The van der Waals surface area contributed by atoms with Crippen LogP contribution in [0.3, 0.4) is 0 Å². The van der Waals surface area contributed by atoms with E-state index in [1.165, 1.54) is 19.3 Å². The minimum atomic E-state index is -0.165. The van der Waals surface area contributed by atoms with Gasteiger partial charge in [0.1, 0.15) is 5.75 Å². The van der Waals surface area contributed by atoms with E-state index < -0.39 is 0 Å². The zero-order valence-electron chi connectivity index (χ0n) is 16.6. The first-order valence-corrected chi connectivity index (χ1v) is 10.7. The number of hydrogen-bond acceptors (Lipinski definition) is 3. The normalized spacial score (nSPS) is 30.2. The van der Waals surface area contributed by atoms with Crippen LogP contribution >= 0.6 is 11.6 Å². The Balaban J connectivity index is 1.30. The maximum absolute atomic E-state index is 12.9. The lowest BCUT2D eigenvalue weighted by atomic mass is 9.49. The van der Waals surface area contributed by atoms with Crippen LogP contribution in [-0.2, 0) is 9.59 Å². The molecule has 28 heavy (non-hydrogen) atoms. The second kappa shape index (κ2) is 7.58. The largest absolute Gasteiger partial charge is 0.495 e. The Hall–Kier alpha value is -1.75. The number of benzene rings is 1. The number of carbonyl (C=O) groups excluding carboxylic acids is 2. The summed E-state index contributed by atoms with van der Waals surface area (Å²) in [5, 5.41) is 6.51. The molecular formula is C22H29ClN2O3. The van der Waals surface area contributed by atoms with Crippen LogP contribution in [0.5, 0.6) is 5.75 Å². The fourth-order valence-corrected chi connectivity index (χ4v) is 6.16. The van der Waals surface area contributed by atoms with Gasteiger partial charge in [0.05, 0.1) is 12.8 Å². The molecule has 0 heterocycles. The summed E-state index contributed by atoms with van der Waals surface area (Å²) in [5.74, 6) is 2.76. The minimum absolute atomic E-state index is 0.147. The van der Waals surface area contributed by atoms with Crippen molar-refractivity contribution in [2.75, 3.05) is 19.0 Å². The number of hydrogen-bond donors (Lipinski definition) is 2. The van der Waals surface area contributed by atoms with Crippen LogP contribution in [0.15, 0.2) is 12.1 Å². The van der Waals surface area contributed by atoms with Gasteiger partial charge in [-0.25, -0.2) is 0 Å². The highest BCUT2D eigenvalue weighted by Gasteiger charge is 2.54. The second-order valence-corrected chi connectivity index (χ2v) is 9.46. The molecule has 4 aliphatic carbocycles. The van der Waals surface area contributed by atoms with Crippen LogP contribution in [0, 0.1) is 30.1 Å². The molecule has 0 spiro atoms. The molecule has 2 amide bonds. The average Bonchev–Trinajstić information content (AvgIpc) is 2.63. The summed E-state index contributed by atoms with van der Waals surface area (Å²) < 4.78 is 5.29. The number of rotatable bonds is 6. The highest BCUT2D eigenvalue weighted by Crippen LogP contribution is 2.60. The van der Waals surface area contributed by atoms with Gasteiger partial charge in [0, 0.05) is 29.5 Å². The first-order chi connectivity index (χ1) is 13.4. The molecule has 5 rings (SSSR count). The molecule has 1 aromatic rings. The van der Waals surface area contributed by atoms with Crippen molar-refractivity contribution in [1.29, 1.82) is 0 Å². The van der Waals surface area contributed by atoms with E-state index in [0.717, 1.165) is 42.6 Å². The van der Waals surface area contributed by atoms with Gasteiger partial charge in [-0.15, -0.1) is 0 Å². The van der Waals surface area contributed by atoms with Crippen molar-refractivity contribution in [3.8, 4) is 5.75 Å². The number of amides is 2. The highest BCUT2D eigenvalue weighted by molar-refractivity contribution is 6.31. The van der Waals surface area contributed by atoms with Crippen molar-refractivity contribution in [2.24, 2.45) is 23.2 Å². The monoisotopic (exact) mass is 404 g/mol. The lowest BCUT2D eigenvalue weighted by molar-refractivity contribution is -0.146. The van der Waals surface area contributed by atoms with Gasteiger partial charge < -0.3 is 15.4 Å². The maximum Gasteiger partial charge on any atom is 0.226 e. The summed E-state index contributed by atoms with van der Waals surface area (Å²) in [6.07, 6.45) is 7.31. The second-order valence-electron chi connectivity index (χ2n) is 9.05. The Bertz CT molecular complexity index is 757. The van der Waals surface area contributed by atoms with E-state index in [2.05, 4.69) is 10.6 Å². The van der Waals surface area contributed by atoms with E-state index in [0.29, 0.717) is 23.0 Å². The number of methoxy groups -OCH3 is 1. The van der Waals surface area contributed by atoms with Crippen LogP contribution in [0.25, 0.3) is 0 Å². The van der Waals surface area contributed by atoms with Gasteiger partial charge in [-0.05, 0) is 74.8 Å². The van der Waals surface area contributed by atoms with Gasteiger partial charge in [-0.1, -0.05) is 11.6 Å². The standard InChI is InChI=1S/C22H29ClN2O3/c1-13-5-18(19(28-2)9-17(13)23)25-20(26)3-4-24-21(27)22-10-14-6-15(11-22)8-16(7-14)12-22/h5,9,14-16H,3-4,6-8,10-12H2,1-2H3,(H,24,27)(H,25,26). The lowest BCUT2D eigenvalue weighted by Gasteiger charge is -2.55. The summed E-state index contributed by atoms with van der Waals surface area (Å²) in [4.78, 5) is 25.3. The van der Waals surface area contributed by atoms with E-state index in [4.69, 9.17) is 16.3 Å². The SMILES string of the molecule is COc1cc(Cl)c(C)cc1NC(=O)CCNC(=O)C12CC3CC(CC(C3)C1)C2. The van der Waals surface area contributed by atoms with Crippen LogP contribution in [0.4, 0.5) is 5.69 Å². The topological polar surface area (TPSA) is 67.4 Å². The van der Waals surface area contributed by atoms with Crippen molar-refractivity contribution < 1.29 is 14.3 Å². The third-order valence-electron chi connectivity index (χ3n) is 6.91. The van der Waals surface area contributed by atoms with Crippen molar-refractivity contribution in [3.63, 3.8) is 0 Å². The quantitative estimate of drug-likeness (QED) is 0.742. The van der Waals surface area contributed by atoms with E-state index in [1.54, 1.807) is 19.2 Å². The summed E-state index contributed by atoms with van der Waals surface area (Å²) in [7, 11) is 1.54. The molecule has 0 radical (unpaired) electrons. The van der Waals surface area contributed by atoms with Crippen LogP contribution in [-0.4, -0.2) is 25.5 Å². The van der Waals surface area contributed by atoms with Crippen molar-refractivity contribution in [3.05, 3.63) is 22.7 Å². The Kier molecular flexibility index (Phi) is 5.30. The molecule has 4 aliphatic rings. The Morgan fingerprint density at radius 2 is 1.75 bits per heavy atom.